The highest BCUT2D eigenvalue weighted by atomic mass is 79.9. The number of aliphatic imine (C=N–C) groups is 1. The zero-order chi connectivity index (χ0) is 11.2. The van der Waals surface area contributed by atoms with Gasteiger partial charge in [-0.3, -0.25) is 4.99 Å². The minimum absolute atomic E-state index is 0.0278. The standard InChI is InChI=1S/C11H10BrF2N/c1-5-3-4-7(12)8-6(2)10(11(13)14)15-9(5)8/h3-4,6,11H,1-2H3. The van der Waals surface area contributed by atoms with Crippen molar-refractivity contribution in [1.82, 2.24) is 0 Å². The SMILES string of the molecule is Cc1ccc(Br)c2c1N=C(C(F)F)C2C. The smallest absolute Gasteiger partial charge is 0.251 e. The third-order valence-electron chi connectivity index (χ3n) is 2.71. The first-order valence-corrected chi connectivity index (χ1v) is 5.47. The van der Waals surface area contributed by atoms with E-state index in [9.17, 15) is 8.78 Å². The van der Waals surface area contributed by atoms with Crippen molar-refractivity contribution in [3.8, 4) is 0 Å². The highest BCUT2D eigenvalue weighted by molar-refractivity contribution is 9.10. The second-order valence-electron chi connectivity index (χ2n) is 3.69. The van der Waals surface area contributed by atoms with E-state index in [-0.39, 0.29) is 11.6 Å². The molecular weight excluding hydrogens is 264 g/mol. The zero-order valence-electron chi connectivity index (χ0n) is 8.39. The van der Waals surface area contributed by atoms with Crippen molar-refractivity contribution in [1.29, 1.82) is 0 Å². The quantitative estimate of drug-likeness (QED) is 0.727. The fourth-order valence-corrected chi connectivity index (χ4v) is 2.53. The van der Waals surface area contributed by atoms with E-state index in [4.69, 9.17) is 0 Å². The summed E-state index contributed by atoms with van der Waals surface area (Å²) in [6.07, 6.45) is -2.47. The van der Waals surface area contributed by atoms with Gasteiger partial charge in [0, 0.05) is 16.0 Å². The van der Waals surface area contributed by atoms with Crippen LogP contribution >= 0.6 is 15.9 Å². The summed E-state index contributed by atoms with van der Waals surface area (Å²) in [5.41, 5.74) is 2.49. The number of hydrogen-bond donors (Lipinski definition) is 0. The van der Waals surface area contributed by atoms with E-state index in [2.05, 4.69) is 20.9 Å². The average molecular weight is 274 g/mol. The fraction of sp³-hybridized carbons (Fsp3) is 0.364. The van der Waals surface area contributed by atoms with E-state index >= 15 is 0 Å². The lowest BCUT2D eigenvalue weighted by molar-refractivity contribution is 0.222. The summed E-state index contributed by atoms with van der Waals surface area (Å²) in [5.74, 6) is -0.297. The Morgan fingerprint density at radius 3 is 2.60 bits per heavy atom. The maximum atomic E-state index is 12.7. The van der Waals surface area contributed by atoms with Gasteiger partial charge in [-0.25, -0.2) is 8.78 Å². The van der Waals surface area contributed by atoms with Crippen LogP contribution in [-0.4, -0.2) is 12.1 Å². The lowest BCUT2D eigenvalue weighted by atomic mass is 9.96. The predicted molar refractivity (Wildman–Crippen MR) is 60.4 cm³/mol. The van der Waals surface area contributed by atoms with Gasteiger partial charge in [-0.2, -0.15) is 0 Å². The van der Waals surface area contributed by atoms with Crippen LogP contribution in [0.3, 0.4) is 0 Å². The molecule has 0 fully saturated rings. The number of alkyl halides is 2. The Morgan fingerprint density at radius 1 is 1.40 bits per heavy atom. The normalized spacial score (nSPS) is 19.3. The number of aryl methyl sites for hydroxylation is 1. The molecule has 2 rings (SSSR count). The first-order valence-electron chi connectivity index (χ1n) is 4.68. The van der Waals surface area contributed by atoms with Gasteiger partial charge >= 0.3 is 0 Å². The van der Waals surface area contributed by atoms with Gasteiger partial charge in [-0.1, -0.05) is 28.9 Å². The molecule has 0 spiro atoms. The Bertz CT molecular complexity index is 440. The maximum Gasteiger partial charge on any atom is 0.277 e. The number of hydrogen-bond acceptors (Lipinski definition) is 1. The summed E-state index contributed by atoms with van der Waals surface area (Å²) in [6, 6.07) is 3.77. The molecule has 0 saturated carbocycles. The summed E-state index contributed by atoms with van der Waals surface area (Å²) in [4.78, 5) is 4.03. The van der Waals surface area contributed by atoms with Crippen molar-refractivity contribution >= 4 is 27.3 Å². The molecule has 80 valence electrons. The fourth-order valence-electron chi connectivity index (χ4n) is 1.86. The van der Waals surface area contributed by atoms with Gasteiger partial charge in [0.05, 0.1) is 11.4 Å². The van der Waals surface area contributed by atoms with E-state index in [0.29, 0.717) is 5.69 Å². The van der Waals surface area contributed by atoms with Gasteiger partial charge in [-0.15, -0.1) is 0 Å². The summed E-state index contributed by atoms with van der Waals surface area (Å²) in [7, 11) is 0. The second kappa shape index (κ2) is 3.67. The van der Waals surface area contributed by atoms with E-state index in [1.54, 1.807) is 6.92 Å². The molecule has 1 unspecified atom stereocenters. The monoisotopic (exact) mass is 273 g/mol. The highest BCUT2D eigenvalue weighted by Crippen LogP contribution is 2.43. The molecule has 0 amide bonds. The average Bonchev–Trinajstić information content (AvgIpc) is 2.51. The molecule has 4 heteroatoms. The third kappa shape index (κ3) is 1.61. The molecule has 1 aromatic carbocycles. The molecule has 1 aromatic rings. The van der Waals surface area contributed by atoms with Crippen molar-refractivity contribution in [2.45, 2.75) is 26.2 Å². The summed E-state index contributed by atoms with van der Waals surface area (Å²) in [6.45, 7) is 3.65. The van der Waals surface area contributed by atoms with E-state index in [1.165, 1.54) is 0 Å². The van der Waals surface area contributed by atoms with Crippen LogP contribution < -0.4 is 0 Å². The van der Waals surface area contributed by atoms with Gasteiger partial charge < -0.3 is 0 Å². The lowest BCUT2D eigenvalue weighted by Crippen LogP contribution is -2.14. The van der Waals surface area contributed by atoms with Crippen molar-refractivity contribution in [2.24, 2.45) is 4.99 Å². The predicted octanol–water partition coefficient (Wildman–Crippen LogP) is 4.21. The largest absolute Gasteiger partial charge is 0.277 e. The lowest BCUT2D eigenvalue weighted by Gasteiger charge is -2.10. The van der Waals surface area contributed by atoms with Crippen LogP contribution in [0.5, 0.6) is 0 Å². The zero-order valence-corrected chi connectivity index (χ0v) is 9.98. The van der Waals surface area contributed by atoms with E-state index < -0.39 is 6.43 Å². The number of nitrogens with zero attached hydrogens (tertiary/aromatic N) is 1. The molecule has 1 aliphatic rings. The van der Waals surface area contributed by atoms with Crippen molar-refractivity contribution in [2.75, 3.05) is 0 Å². The molecule has 1 atom stereocenters. The number of halogens is 3. The number of benzene rings is 1. The van der Waals surface area contributed by atoms with Crippen LogP contribution in [0.15, 0.2) is 21.6 Å². The molecule has 0 radical (unpaired) electrons. The number of rotatable bonds is 1. The van der Waals surface area contributed by atoms with Gasteiger partial charge in [-0.05, 0) is 18.6 Å². The van der Waals surface area contributed by atoms with E-state index in [0.717, 1.165) is 15.6 Å². The molecule has 0 saturated heterocycles. The summed E-state index contributed by atoms with van der Waals surface area (Å²) < 4.78 is 26.2. The van der Waals surface area contributed by atoms with Crippen LogP contribution in [0.1, 0.15) is 24.0 Å². The van der Waals surface area contributed by atoms with Crippen LogP contribution in [0, 0.1) is 6.92 Å². The molecular formula is C11H10BrF2N. The van der Waals surface area contributed by atoms with Crippen LogP contribution in [0.2, 0.25) is 0 Å². The minimum atomic E-state index is -2.47. The van der Waals surface area contributed by atoms with Crippen LogP contribution in [-0.2, 0) is 0 Å². The first kappa shape index (κ1) is 10.7. The van der Waals surface area contributed by atoms with Gasteiger partial charge in [0.2, 0.25) is 0 Å². The van der Waals surface area contributed by atoms with Crippen molar-refractivity contribution < 1.29 is 8.78 Å². The number of fused-ring (bicyclic) bond motifs is 1. The van der Waals surface area contributed by atoms with Crippen LogP contribution in [0.4, 0.5) is 14.5 Å². The molecule has 0 aromatic heterocycles. The molecule has 1 heterocycles. The maximum absolute atomic E-state index is 12.7. The van der Waals surface area contributed by atoms with E-state index in [1.807, 2.05) is 19.1 Å². The Kier molecular flexibility index (Phi) is 2.63. The molecule has 0 N–H and O–H groups in total. The topological polar surface area (TPSA) is 12.4 Å². The molecule has 1 nitrogen and oxygen atoms in total. The Balaban J connectivity index is 2.59. The Hall–Kier alpha value is -0.770. The Morgan fingerprint density at radius 2 is 2.07 bits per heavy atom. The Labute approximate surface area is 95.3 Å². The van der Waals surface area contributed by atoms with Gasteiger partial charge in [0.1, 0.15) is 0 Å². The first-order chi connectivity index (χ1) is 7.02. The summed E-state index contributed by atoms with van der Waals surface area (Å²) in [5, 5.41) is 0. The molecule has 1 aliphatic heterocycles. The van der Waals surface area contributed by atoms with Crippen LogP contribution in [0.25, 0.3) is 0 Å². The highest BCUT2D eigenvalue weighted by Gasteiger charge is 2.31. The molecule has 0 bridgehead atoms. The minimum Gasteiger partial charge on any atom is -0.251 e. The third-order valence-corrected chi connectivity index (χ3v) is 3.40. The van der Waals surface area contributed by atoms with Crippen molar-refractivity contribution in [3.63, 3.8) is 0 Å². The second-order valence-corrected chi connectivity index (χ2v) is 4.54. The molecule has 0 aliphatic carbocycles. The summed E-state index contributed by atoms with van der Waals surface area (Å²) >= 11 is 3.38. The molecule has 15 heavy (non-hydrogen) atoms. The van der Waals surface area contributed by atoms with Gasteiger partial charge in [0.25, 0.3) is 6.43 Å². The van der Waals surface area contributed by atoms with Gasteiger partial charge in [0.15, 0.2) is 0 Å². The van der Waals surface area contributed by atoms with Crippen molar-refractivity contribution in [3.05, 3.63) is 27.7 Å².